The van der Waals surface area contributed by atoms with Crippen LogP contribution in [0, 0.1) is 5.92 Å². The molecular formula is C44H80. The summed E-state index contributed by atoms with van der Waals surface area (Å²) in [6.07, 6.45) is 47.6. The topological polar surface area (TPSA) is 0 Å². The molecule has 1 atom stereocenters. The largest absolute Gasteiger partial charge is 0.0654 e. The van der Waals surface area contributed by atoms with Gasteiger partial charge in [-0.1, -0.05) is 212 Å². The second-order valence-electron chi connectivity index (χ2n) is 15.1. The van der Waals surface area contributed by atoms with Crippen LogP contribution in [0.2, 0.25) is 0 Å². The summed E-state index contributed by atoms with van der Waals surface area (Å²) in [6, 6.07) is 7.47. The Bertz CT molecular complexity index is 736. The highest BCUT2D eigenvalue weighted by atomic mass is 14.2. The van der Waals surface area contributed by atoms with Gasteiger partial charge >= 0.3 is 0 Å². The van der Waals surface area contributed by atoms with Crippen LogP contribution in [0.3, 0.4) is 0 Å². The van der Waals surface area contributed by atoms with E-state index in [0.717, 1.165) is 11.8 Å². The molecule has 256 valence electrons. The van der Waals surface area contributed by atoms with Crippen molar-refractivity contribution in [3.05, 3.63) is 34.9 Å². The number of hydrogen-bond acceptors (Lipinski definition) is 0. The average molecular weight is 609 g/mol. The fourth-order valence-electron chi connectivity index (χ4n) is 8.17. The summed E-state index contributed by atoms with van der Waals surface area (Å²) in [4.78, 5) is 0. The lowest BCUT2D eigenvalue weighted by atomic mass is 9.81. The van der Waals surface area contributed by atoms with Gasteiger partial charge in [0.05, 0.1) is 0 Å². The van der Waals surface area contributed by atoms with Crippen molar-refractivity contribution < 1.29 is 0 Å². The number of rotatable bonds is 26. The summed E-state index contributed by atoms with van der Waals surface area (Å²) in [5.74, 6) is 1.81. The first-order chi connectivity index (χ1) is 21.8. The molecular weight excluding hydrogens is 528 g/mol. The van der Waals surface area contributed by atoms with Crippen molar-refractivity contribution in [3.63, 3.8) is 0 Å². The zero-order valence-corrected chi connectivity index (χ0v) is 30.7. The standard InChI is InChI=1S/C44H80/c1-4-7-10-11-12-13-14-15-16-17-21-24-27-35-42(36-29-28-33-40-31-25-22-19-18-20-23-26-32-40)44-39-30-37-41(34-8-5-2)43(44)38-9-6-3/h30,37,39-40,42H,4-29,31-36,38H2,1-3H3. The molecule has 0 spiro atoms. The van der Waals surface area contributed by atoms with Gasteiger partial charge in [-0.2, -0.15) is 0 Å². The minimum absolute atomic E-state index is 0.792. The summed E-state index contributed by atoms with van der Waals surface area (Å²) in [7, 11) is 0. The van der Waals surface area contributed by atoms with Crippen LogP contribution in [-0.4, -0.2) is 0 Å². The Morgan fingerprint density at radius 2 is 0.977 bits per heavy atom. The lowest BCUT2D eigenvalue weighted by Crippen LogP contribution is -2.08. The van der Waals surface area contributed by atoms with Gasteiger partial charge in [0.25, 0.3) is 0 Å². The fraction of sp³-hybridized carbons (Fsp3) is 0.864. The Labute approximate surface area is 278 Å². The molecule has 0 aromatic heterocycles. The van der Waals surface area contributed by atoms with Crippen LogP contribution < -0.4 is 0 Å². The van der Waals surface area contributed by atoms with Gasteiger partial charge in [-0.3, -0.25) is 0 Å². The molecule has 0 saturated heterocycles. The maximum atomic E-state index is 2.56. The van der Waals surface area contributed by atoms with Crippen molar-refractivity contribution in [2.75, 3.05) is 0 Å². The molecule has 1 fully saturated rings. The van der Waals surface area contributed by atoms with E-state index in [0.29, 0.717) is 0 Å². The third-order valence-corrected chi connectivity index (χ3v) is 11.1. The number of unbranched alkanes of at least 4 members (excludes halogenated alkanes) is 15. The average Bonchev–Trinajstić information content (AvgIpc) is 3.05. The van der Waals surface area contributed by atoms with Gasteiger partial charge in [-0.15, -0.1) is 0 Å². The lowest BCUT2D eigenvalue weighted by molar-refractivity contribution is 0.353. The Morgan fingerprint density at radius 3 is 1.55 bits per heavy atom. The summed E-state index contributed by atoms with van der Waals surface area (Å²) >= 11 is 0. The number of aryl methyl sites for hydroxylation is 1. The smallest absolute Gasteiger partial charge is 0.0159 e. The lowest BCUT2D eigenvalue weighted by Gasteiger charge is -2.24. The van der Waals surface area contributed by atoms with Gasteiger partial charge in [0.2, 0.25) is 0 Å². The molecule has 44 heavy (non-hydrogen) atoms. The SMILES string of the molecule is CCCCCCCCCCCCCCCC(CCCCC1CCCCCCCCC1)c1cccc(CCCC)c1CCCC. The van der Waals surface area contributed by atoms with E-state index in [1.807, 2.05) is 0 Å². The van der Waals surface area contributed by atoms with Crippen molar-refractivity contribution in [2.45, 2.75) is 239 Å². The predicted octanol–water partition coefficient (Wildman–Crippen LogP) is 15.6. The van der Waals surface area contributed by atoms with E-state index in [1.165, 1.54) is 212 Å². The minimum atomic E-state index is 0.792. The van der Waals surface area contributed by atoms with Gasteiger partial charge in [-0.25, -0.2) is 0 Å². The third-order valence-electron chi connectivity index (χ3n) is 11.1. The van der Waals surface area contributed by atoms with Crippen LogP contribution in [0.4, 0.5) is 0 Å². The quantitative estimate of drug-likeness (QED) is 0.0918. The summed E-state index contributed by atoms with van der Waals surface area (Å²) < 4.78 is 0. The molecule has 1 aliphatic rings. The molecule has 1 aromatic rings. The molecule has 1 aliphatic carbocycles. The molecule has 0 bridgehead atoms. The van der Waals surface area contributed by atoms with Gasteiger partial charge in [0.1, 0.15) is 0 Å². The first kappa shape index (κ1) is 39.4. The van der Waals surface area contributed by atoms with E-state index in [2.05, 4.69) is 39.0 Å². The molecule has 0 nitrogen and oxygen atoms in total. The van der Waals surface area contributed by atoms with Crippen LogP contribution in [0.1, 0.15) is 242 Å². The fourth-order valence-corrected chi connectivity index (χ4v) is 8.17. The maximum absolute atomic E-state index is 2.56. The molecule has 0 aliphatic heterocycles. The highest BCUT2D eigenvalue weighted by Gasteiger charge is 2.18. The summed E-state index contributed by atoms with van der Waals surface area (Å²) in [5.41, 5.74) is 5.23. The van der Waals surface area contributed by atoms with Crippen LogP contribution in [0.15, 0.2) is 18.2 Å². The molecule has 1 unspecified atom stereocenters. The molecule has 0 amide bonds. The van der Waals surface area contributed by atoms with Gasteiger partial charge < -0.3 is 0 Å². The monoisotopic (exact) mass is 609 g/mol. The van der Waals surface area contributed by atoms with Crippen molar-refractivity contribution in [2.24, 2.45) is 5.92 Å². The second kappa shape index (κ2) is 28.4. The zero-order valence-electron chi connectivity index (χ0n) is 30.7. The summed E-state index contributed by atoms with van der Waals surface area (Å²) in [6.45, 7) is 7.05. The molecule has 1 saturated carbocycles. The Kier molecular flexibility index (Phi) is 25.5. The third kappa shape index (κ3) is 19.0. The van der Waals surface area contributed by atoms with Crippen molar-refractivity contribution in [1.82, 2.24) is 0 Å². The Morgan fingerprint density at radius 1 is 0.500 bits per heavy atom. The predicted molar refractivity (Wildman–Crippen MR) is 200 cm³/mol. The van der Waals surface area contributed by atoms with Crippen LogP contribution in [0.25, 0.3) is 0 Å². The van der Waals surface area contributed by atoms with Crippen LogP contribution in [0.5, 0.6) is 0 Å². The first-order valence-corrected chi connectivity index (χ1v) is 20.9. The highest BCUT2D eigenvalue weighted by molar-refractivity contribution is 5.38. The normalized spacial score (nSPS) is 15.9. The van der Waals surface area contributed by atoms with Crippen molar-refractivity contribution >= 4 is 0 Å². The van der Waals surface area contributed by atoms with Gasteiger partial charge in [0.15, 0.2) is 0 Å². The highest BCUT2D eigenvalue weighted by Crippen LogP contribution is 2.35. The van der Waals surface area contributed by atoms with E-state index in [1.54, 1.807) is 16.7 Å². The number of hydrogen-bond donors (Lipinski definition) is 0. The zero-order chi connectivity index (χ0) is 31.3. The van der Waals surface area contributed by atoms with Crippen molar-refractivity contribution in [3.8, 4) is 0 Å². The van der Waals surface area contributed by atoms with E-state index in [4.69, 9.17) is 0 Å². The van der Waals surface area contributed by atoms with Gasteiger partial charge in [-0.05, 0) is 67.1 Å². The maximum Gasteiger partial charge on any atom is -0.0159 e. The summed E-state index contributed by atoms with van der Waals surface area (Å²) in [5, 5.41) is 0. The molecule has 1 aromatic carbocycles. The molecule has 0 heterocycles. The molecule has 0 radical (unpaired) electrons. The van der Waals surface area contributed by atoms with Crippen LogP contribution >= 0.6 is 0 Å². The first-order valence-electron chi connectivity index (χ1n) is 20.9. The molecule has 0 heteroatoms. The molecule has 0 N–H and O–H groups in total. The van der Waals surface area contributed by atoms with E-state index in [-0.39, 0.29) is 0 Å². The second-order valence-corrected chi connectivity index (χ2v) is 15.1. The minimum Gasteiger partial charge on any atom is -0.0654 e. The van der Waals surface area contributed by atoms with E-state index < -0.39 is 0 Å². The van der Waals surface area contributed by atoms with E-state index >= 15 is 0 Å². The van der Waals surface area contributed by atoms with E-state index in [9.17, 15) is 0 Å². The van der Waals surface area contributed by atoms with Crippen molar-refractivity contribution in [1.29, 1.82) is 0 Å². The molecule has 2 rings (SSSR count). The van der Waals surface area contributed by atoms with Crippen LogP contribution in [-0.2, 0) is 12.8 Å². The Balaban J connectivity index is 1.86. The van der Waals surface area contributed by atoms with Gasteiger partial charge in [0, 0.05) is 0 Å². The Hall–Kier alpha value is -0.780. The number of benzene rings is 1.